The van der Waals surface area contributed by atoms with E-state index in [4.69, 9.17) is 4.98 Å². The first-order chi connectivity index (χ1) is 17.3. The van der Waals surface area contributed by atoms with Crippen molar-refractivity contribution in [2.45, 2.75) is 12.8 Å². The summed E-state index contributed by atoms with van der Waals surface area (Å²) >= 11 is 0. The fourth-order valence-corrected chi connectivity index (χ4v) is 6.62. The van der Waals surface area contributed by atoms with Crippen LogP contribution in [0.1, 0.15) is 22.3 Å². The van der Waals surface area contributed by atoms with Crippen molar-refractivity contribution in [3.63, 3.8) is 0 Å². The Morgan fingerprint density at radius 1 is 0.486 bits per heavy atom. The van der Waals surface area contributed by atoms with E-state index < -0.39 is 0 Å². The summed E-state index contributed by atoms with van der Waals surface area (Å²) in [6, 6.07) is 35.9. The average molecular weight is 445 g/mol. The van der Waals surface area contributed by atoms with Crippen molar-refractivity contribution in [3.05, 3.63) is 119 Å². The zero-order chi connectivity index (χ0) is 22.7. The maximum Gasteiger partial charge on any atom is 0.146 e. The highest BCUT2D eigenvalue weighted by atomic mass is 15.0. The lowest BCUT2D eigenvalue weighted by molar-refractivity contribution is 1.26. The first-order valence-electron chi connectivity index (χ1n) is 12.3. The summed E-state index contributed by atoms with van der Waals surface area (Å²) in [5.74, 6) is 0. The molecule has 5 aromatic carbocycles. The van der Waals surface area contributed by atoms with Gasteiger partial charge in [0, 0.05) is 10.8 Å². The van der Waals surface area contributed by atoms with Crippen LogP contribution in [0.3, 0.4) is 0 Å². The Balaban J connectivity index is 1.49. The second-order valence-electron chi connectivity index (χ2n) is 10.0. The number of rotatable bonds is 0. The Hall–Kier alpha value is -4.43. The molecule has 0 radical (unpaired) electrons. The highest BCUT2D eigenvalue weighted by molar-refractivity contribution is 6.16. The van der Waals surface area contributed by atoms with Gasteiger partial charge >= 0.3 is 0 Å². The average Bonchev–Trinajstić information content (AvgIpc) is 3.57. The summed E-state index contributed by atoms with van der Waals surface area (Å²) < 4.78 is 2.39. The van der Waals surface area contributed by atoms with Crippen molar-refractivity contribution in [2.24, 2.45) is 0 Å². The van der Waals surface area contributed by atoms with Crippen LogP contribution in [0.4, 0.5) is 0 Å². The van der Waals surface area contributed by atoms with Crippen LogP contribution in [-0.2, 0) is 12.8 Å². The maximum absolute atomic E-state index is 5.18. The van der Waals surface area contributed by atoms with Crippen molar-refractivity contribution in [3.8, 4) is 22.3 Å². The number of benzene rings is 5. The molecule has 2 aromatic heterocycles. The highest BCUT2D eigenvalue weighted by Crippen LogP contribution is 2.45. The number of imidazole rings is 1. The van der Waals surface area contributed by atoms with Crippen LogP contribution < -0.4 is 0 Å². The molecule has 7 aromatic rings. The Labute approximate surface area is 202 Å². The van der Waals surface area contributed by atoms with Gasteiger partial charge in [-0.2, -0.15) is 0 Å². The van der Waals surface area contributed by atoms with Crippen LogP contribution in [0.5, 0.6) is 0 Å². The van der Waals surface area contributed by atoms with E-state index in [0.717, 1.165) is 24.0 Å². The Morgan fingerprint density at radius 2 is 1.11 bits per heavy atom. The fourth-order valence-electron chi connectivity index (χ4n) is 6.62. The lowest BCUT2D eigenvalue weighted by atomic mass is 9.96. The maximum atomic E-state index is 5.18. The molecule has 2 aliphatic rings. The van der Waals surface area contributed by atoms with E-state index in [1.807, 2.05) is 0 Å². The SMILES string of the molecule is c1ccc2c(c1)Cc1cc3c4cc5c(cc4n4c6ccccc6nc4c3cc1-2)-c1ccccc1C5. The number of hydrogen-bond acceptors (Lipinski definition) is 1. The largest absolute Gasteiger partial charge is 0.292 e. The molecule has 0 saturated carbocycles. The smallest absolute Gasteiger partial charge is 0.146 e. The fraction of sp³-hybridized carbons (Fsp3) is 0.0606. The van der Waals surface area contributed by atoms with Crippen molar-refractivity contribution in [1.29, 1.82) is 0 Å². The molecule has 2 heteroatoms. The molecular formula is C33H20N2. The topological polar surface area (TPSA) is 17.3 Å². The predicted octanol–water partition coefficient (Wildman–Crippen LogP) is 7.94. The van der Waals surface area contributed by atoms with Gasteiger partial charge in [-0.3, -0.25) is 4.40 Å². The minimum atomic E-state index is 1.00. The molecule has 0 aliphatic heterocycles. The van der Waals surface area contributed by atoms with Gasteiger partial charge in [-0.1, -0.05) is 60.7 Å². The molecule has 0 saturated heterocycles. The van der Waals surface area contributed by atoms with E-state index in [1.54, 1.807) is 0 Å². The van der Waals surface area contributed by atoms with E-state index in [0.29, 0.717) is 0 Å². The molecule has 0 bridgehead atoms. The van der Waals surface area contributed by atoms with Crippen LogP contribution in [-0.4, -0.2) is 9.38 Å². The third-order valence-corrected chi connectivity index (χ3v) is 8.17. The highest BCUT2D eigenvalue weighted by Gasteiger charge is 2.24. The number of fused-ring (bicyclic) bond motifs is 14. The number of para-hydroxylation sites is 2. The Bertz CT molecular complexity index is 2060. The van der Waals surface area contributed by atoms with Crippen molar-refractivity contribution in [1.82, 2.24) is 9.38 Å². The third kappa shape index (κ3) is 2.22. The van der Waals surface area contributed by atoms with Gasteiger partial charge in [-0.15, -0.1) is 0 Å². The van der Waals surface area contributed by atoms with Gasteiger partial charge in [0.1, 0.15) is 5.65 Å². The zero-order valence-electron chi connectivity index (χ0n) is 19.0. The molecule has 2 heterocycles. The van der Waals surface area contributed by atoms with Gasteiger partial charge in [0.25, 0.3) is 0 Å². The second kappa shape index (κ2) is 6.17. The van der Waals surface area contributed by atoms with Crippen LogP contribution in [0.15, 0.2) is 97.1 Å². The summed E-state index contributed by atoms with van der Waals surface area (Å²) in [5.41, 5.74) is 15.6. The van der Waals surface area contributed by atoms with E-state index >= 15 is 0 Å². The van der Waals surface area contributed by atoms with Crippen LogP contribution in [0.25, 0.3) is 60.6 Å². The number of nitrogens with zero attached hydrogens (tertiary/aromatic N) is 2. The monoisotopic (exact) mass is 444 g/mol. The molecule has 0 atom stereocenters. The quantitative estimate of drug-likeness (QED) is 0.217. The molecule has 9 rings (SSSR count). The molecule has 0 spiro atoms. The molecule has 2 nitrogen and oxygen atoms in total. The molecular weight excluding hydrogens is 424 g/mol. The molecule has 35 heavy (non-hydrogen) atoms. The van der Waals surface area contributed by atoms with Gasteiger partial charge in [0.05, 0.1) is 16.6 Å². The first-order valence-corrected chi connectivity index (χ1v) is 12.3. The van der Waals surface area contributed by atoms with Crippen molar-refractivity contribution >= 4 is 38.4 Å². The predicted molar refractivity (Wildman–Crippen MR) is 144 cm³/mol. The zero-order valence-corrected chi connectivity index (χ0v) is 19.0. The first kappa shape index (κ1) is 18.0. The van der Waals surface area contributed by atoms with Crippen LogP contribution in [0, 0.1) is 0 Å². The standard InChI is InChI=1S/C33H20N2/c1-3-9-23-19(7-1)13-21-15-27-28-16-22-14-20-8-2-4-10-24(20)26(22)18-32(28)35-31-12-6-5-11-30(31)34-33(35)29(27)17-25(21)23/h1-12,15-18H,13-14H2. The summed E-state index contributed by atoms with van der Waals surface area (Å²) in [7, 11) is 0. The summed E-state index contributed by atoms with van der Waals surface area (Å²) in [6.45, 7) is 0. The van der Waals surface area contributed by atoms with Gasteiger partial charge < -0.3 is 0 Å². The van der Waals surface area contributed by atoms with E-state index in [2.05, 4.69) is 101 Å². The number of aromatic nitrogens is 2. The Morgan fingerprint density at radius 3 is 1.89 bits per heavy atom. The molecule has 2 aliphatic carbocycles. The van der Waals surface area contributed by atoms with Crippen LogP contribution in [0.2, 0.25) is 0 Å². The minimum Gasteiger partial charge on any atom is -0.292 e. The van der Waals surface area contributed by atoms with E-state index in [-0.39, 0.29) is 0 Å². The Kier molecular flexibility index (Phi) is 3.16. The summed E-state index contributed by atoms with van der Waals surface area (Å²) in [5, 5.41) is 3.87. The normalized spacial score (nSPS) is 13.5. The van der Waals surface area contributed by atoms with Crippen molar-refractivity contribution in [2.75, 3.05) is 0 Å². The minimum absolute atomic E-state index is 1.00. The molecule has 0 unspecified atom stereocenters. The summed E-state index contributed by atoms with van der Waals surface area (Å²) in [4.78, 5) is 5.18. The number of pyridine rings is 1. The van der Waals surface area contributed by atoms with Crippen LogP contribution >= 0.6 is 0 Å². The van der Waals surface area contributed by atoms with Gasteiger partial charge in [0.15, 0.2) is 0 Å². The third-order valence-electron chi connectivity index (χ3n) is 8.17. The summed E-state index contributed by atoms with van der Waals surface area (Å²) in [6.07, 6.45) is 2.00. The van der Waals surface area contributed by atoms with Gasteiger partial charge in [-0.05, 0) is 99.1 Å². The molecule has 0 amide bonds. The molecule has 162 valence electrons. The van der Waals surface area contributed by atoms with Gasteiger partial charge in [0.2, 0.25) is 0 Å². The van der Waals surface area contributed by atoms with E-state index in [9.17, 15) is 0 Å². The van der Waals surface area contributed by atoms with E-state index in [1.165, 1.54) is 71.7 Å². The lowest BCUT2D eigenvalue weighted by Crippen LogP contribution is -1.95. The molecule has 0 N–H and O–H groups in total. The lowest BCUT2D eigenvalue weighted by Gasteiger charge is -2.13. The van der Waals surface area contributed by atoms with Gasteiger partial charge in [-0.25, -0.2) is 4.98 Å². The molecule has 0 fully saturated rings. The number of hydrogen-bond donors (Lipinski definition) is 0. The van der Waals surface area contributed by atoms with Crippen molar-refractivity contribution < 1.29 is 0 Å². The second-order valence-corrected chi connectivity index (χ2v) is 10.0.